The van der Waals surface area contributed by atoms with Crippen LogP contribution in [-0.4, -0.2) is 11.7 Å². The molecule has 0 radical (unpaired) electrons. The third kappa shape index (κ3) is 3.01. The molecule has 0 saturated carbocycles. The van der Waals surface area contributed by atoms with Crippen molar-refractivity contribution in [1.29, 1.82) is 0 Å². The molecule has 0 atom stereocenters. The van der Waals surface area contributed by atoms with Crippen LogP contribution in [-0.2, 0) is 11.3 Å². The summed E-state index contributed by atoms with van der Waals surface area (Å²) in [5.74, 6) is -1.03. The third-order valence-electron chi connectivity index (χ3n) is 2.25. The molecule has 1 heterocycles. The maximum atomic E-state index is 11.6. The van der Waals surface area contributed by atoms with Gasteiger partial charge in [-0.2, -0.15) is 0 Å². The van der Waals surface area contributed by atoms with Crippen molar-refractivity contribution in [3.8, 4) is 0 Å². The summed E-state index contributed by atoms with van der Waals surface area (Å²) in [5, 5.41) is 4.38. The zero-order valence-electron chi connectivity index (χ0n) is 9.05. The third-order valence-corrected chi connectivity index (χ3v) is 3.12. The van der Waals surface area contributed by atoms with E-state index in [1.54, 1.807) is 17.5 Å². The monoisotopic (exact) mass is 245 g/mol. The van der Waals surface area contributed by atoms with Crippen LogP contribution < -0.4 is 5.32 Å². The molecule has 3 nitrogen and oxygen atoms in total. The van der Waals surface area contributed by atoms with Gasteiger partial charge in [-0.15, -0.1) is 11.3 Å². The largest absolute Gasteiger partial charge is 0.345 e. The number of rotatable bonds is 4. The molecule has 1 aromatic heterocycles. The molecule has 0 saturated heterocycles. The predicted octanol–water partition coefficient (Wildman–Crippen LogP) is 2.25. The number of benzene rings is 1. The molecule has 2 rings (SSSR count). The molecule has 2 aromatic rings. The molecule has 17 heavy (non-hydrogen) atoms. The summed E-state index contributed by atoms with van der Waals surface area (Å²) in [4.78, 5) is 23.7. The van der Waals surface area contributed by atoms with Crippen LogP contribution in [0, 0.1) is 0 Å². The van der Waals surface area contributed by atoms with Crippen molar-refractivity contribution < 1.29 is 9.59 Å². The van der Waals surface area contributed by atoms with E-state index in [0.29, 0.717) is 11.4 Å². The summed E-state index contributed by atoms with van der Waals surface area (Å²) in [5.41, 5.74) is 0.972. The first-order valence-electron chi connectivity index (χ1n) is 5.17. The summed E-state index contributed by atoms with van der Waals surface area (Å²) in [6.07, 6.45) is 0. The highest BCUT2D eigenvalue weighted by molar-refractivity contribution is 7.13. The Hall–Kier alpha value is -1.94. The lowest BCUT2D eigenvalue weighted by Crippen LogP contribution is -2.30. The molecule has 0 fully saturated rings. The first kappa shape index (κ1) is 11.5. The molecule has 1 aromatic carbocycles. The van der Waals surface area contributed by atoms with Gasteiger partial charge in [-0.05, 0) is 17.0 Å². The van der Waals surface area contributed by atoms with E-state index in [-0.39, 0.29) is 0 Å². The highest BCUT2D eigenvalue weighted by Gasteiger charge is 2.16. The van der Waals surface area contributed by atoms with Crippen molar-refractivity contribution in [3.63, 3.8) is 0 Å². The lowest BCUT2D eigenvalue weighted by molar-refractivity contribution is -0.117. The van der Waals surface area contributed by atoms with E-state index in [1.165, 1.54) is 11.3 Å². The minimum absolute atomic E-state index is 0.372. The molecule has 0 bridgehead atoms. The van der Waals surface area contributed by atoms with Gasteiger partial charge in [0.25, 0.3) is 11.7 Å². The number of thiophene rings is 1. The van der Waals surface area contributed by atoms with Crippen LogP contribution in [0.2, 0.25) is 0 Å². The van der Waals surface area contributed by atoms with E-state index >= 15 is 0 Å². The number of amides is 1. The van der Waals surface area contributed by atoms with Gasteiger partial charge < -0.3 is 5.32 Å². The molecule has 0 aliphatic heterocycles. The van der Waals surface area contributed by atoms with E-state index < -0.39 is 11.7 Å². The van der Waals surface area contributed by atoms with E-state index in [4.69, 9.17) is 0 Å². The van der Waals surface area contributed by atoms with Crippen LogP contribution in [0.4, 0.5) is 0 Å². The Morgan fingerprint density at radius 3 is 2.47 bits per heavy atom. The summed E-state index contributed by atoms with van der Waals surface area (Å²) in [6, 6.07) is 12.9. The van der Waals surface area contributed by atoms with Crippen molar-refractivity contribution in [2.24, 2.45) is 0 Å². The first-order chi connectivity index (χ1) is 8.27. The maximum Gasteiger partial charge on any atom is 0.293 e. The minimum Gasteiger partial charge on any atom is -0.345 e. The van der Waals surface area contributed by atoms with Gasteiger partial charge in [-0.3, -0.25) is 9.59 Å². The number of carbonyl (C=O) groups is 2. The molecule has 1 N–H and O–H groups in total. The second-order valence-electron chi connectivity index (χ2n) is 3.47. The fraction of sp³-hybridized carbons (Fsp3) is 0.0769. The standard InChI is InChI=1S/C13H11NO2S/c15-12(11-7-4-8-17-11)13(16)14-9-10-5-2-1-3-6-10/h1-8H,9H2,(H,14,16). The summed E-state index contributed by atoms with van der Waals surface area (Å²) < 4.78 is 0. The number of nitrogens with one attached hydrogen (secondary N) is 1. The number of hydrogen-bond acceptors (Lipinski definition) is 3. The van der Waals surface area contributed by atoms with Crippen LogP contribution in [0.5, 0.6) is 0 Å². The van der Waals surface area contributed by atoms with Gasteiger partial charge in [0.2, 0.25) is 0 Å². The van der Waals surface area contributed by atoms with E-state index in [0.717, 1.165) is 5.56 Å². The fourth-order valence-corrected chi connectivity index (χ4v) is 2.04. The molecule has 4 heteroatoms. The van der Waals surface area contributed by atoms with Crippen molar-refractivity contribution in [3.05, 3.63) is 58.3 Å². The van der Waals surface area contributed by atoms with Crippen molar-refractivity contribution in [1.82, 2.24) is 5.32 Å². The van der Waals surface area contributed by atoms with Gasteiger partial charge in [0, 0.05) is 6.54 Å². The first-order valence-corrected chi connectivity index (χ1v) is 6.05. The lowest BCUT2D eigenvalue weighted by atomic mass is 10.2. The minimum atomic E-state index is -0.559. The molecule has 0 spiro atoms. The molecule has 1 amide bonds. The Kier molecular flexibility index (Phi) is 3.67. The quantitative estimate of drug-likeness (QED) is 0.663. The number of hydrogen-bond donors (Lipinski definition) is 1. The van der Waals surface area contributed by atoms with Gasteiger partial charge in [0.05, 0.1) is 4.88 Å². The number of carbonyl (C=O) groups excluding carboxylic acids is 2. The van der Waals surface area contributed by atoms with Gasteiger partial charge in [-0.1, -0.05) is 36.4 Å². The molecule has 86 valence electrons. The van der Waals surface area contributed by atoms with E-state index in [9.17, 15) is 9.59 Å². The fourth-order valence-electron chi connectivity index (χ4n) is 1.38. The predicted molar refractivity (Wildman–Crippen MR) is 66.9 cm³/mol. The zero-order valence-corrected chi connectivity index (χ0v) is 9.87. The second kappa shape index (κ2) is 5.41. The molecule has 0 aliphatic carbocycles. The average molecular weight is 245 g/mol. The summed E-state index contributed by atoms with van der Waals surface area (Å²) >= 11 is 1.27. The average Bonchev–Trinajstić information content (AvgIpc) is 2.90. The Bertz CT molecular complexity index is 505. The van der Waals surface area contributed by atoms with E-state index in [1.807, 2.05) is 30.3 Å². The van der Waals surface area contributed by atoms with Crippen molar-refractivity contribution >= 4 is 23.0 Å². The van der Waals surface area contributed by atoms with Crippen molar-refractivity contribution in [2.45, 2.75) is 6.54 Å². The maximum absolute atomic E-state index is 11.6. The normalized spacial score (nSPS) is 9.88. The number of Topliss-reactive ketones (excluding diaryl/α,β-unsaturated/α-hetero) is 1. The van der Waals surface area contributed by atoms with E-state index in [2.05, 4.69) is 5.32 Å². The Morgan fingerprint density at radius 1 is 1.06 bits per heavy atom. The SMILES string of the molecule is O=C(NCc1ccccc1)C(=O)c1cccs1. The summed E-state index contributed by atoms with van der Waals surface area (Å²) in [6.45, 7) is 0.372. The van der Waals surface area contributed by atoms with Gasteiger partial charge in [-0.25, -0.2) is 0 Å². The topological polar surface area (TPSA) is 46.2 Å². The number of ketones is 1. The molecule has 0 unspecified atom stereocenters. The van der Waals surface area contributed by atoms with Crippen LogP contribution in [0.15, 0.2) is 47.8 Å². The van der Waals surface area contributed by atoms with Gasteiger partial charge >= 0.3 is 0 Å². The van der Waals surface area contributed by atoms with Gasteiger partial charge in [0.15, 0.2) is 0 Å². The van der Waals surface area contributed by atoms with Gasteiger partial charge in [0.1, 0.15) is 0 Å². The second-order valence-corrected chi connectivity index (χ2v) is 4.42. The molecular weight excluding hydrogens is 234 g/mol. The van der Waals surface area contributed by atoms with Crippen LogP contribution in [0.3, 0.4) is 0 Å². The smallest absolute Gasteiger partial charge is 0.293 e. The van der Waals surface area contributed by atoms with Crippen LogP contribution in [0.25, 0.3) is 0 Å². The van der Waals surface area contributed by atoms with Crippen LogP contribution in [0.1, 0.15) is 15.2 Å². The molecule has 0 aliphatic rings. The van der Waals surface area contributed by atoms with Crippen LogP contribution >= 0.6 is 11.3 Å². The zero-order chi connectivity index (χ0) is 12.1. The lowest BCUT2D eigenvalue weighted by Gasteiger charge is -2.03. The van der Waals surface area contributed by atoms with Crippen molar-refractivity contribution in [2.75, 3.05) is 0 Å². The highest BCUT2D eigenvalue weighted by atomic mass is 32.1. The summed E-state index contributed by atoms with van der Waals surface area (Å²) in [7, 11) is 0. The highest BCUT2D eigenvalue weighted by Crippen LogP contribution is 2.09. The Balaban J connectivity index is 1.92. The molecular formula is C13H11NO2S. The Morgan fingerprint density at radius 2 is 1.82 bits per heavy atom. The Labute approximate surface area is 103 Å².